The molecule has 25 heavy (non-hydrogen) atoms. The van der Waals surface area contributed by atoms with E-state index in [9.17, 15) is 8.78 Å². The van der Waals surface area contributed by atoms with Crippen LogP contribution in [0.25, 0.3) is 11.3 Å². The normalized spacial score (nSPS) is 18.8. The van der Waals surface area contributed by atoms with E-state index in [0.29, 0.717) is 23.2 Å². The lowest BCUT2D eigenvalue weighted by molar-refractivity contribution is 0.00770. The van der Waals surface area contributed by atoms with Gasteiger partial charge in [-0.1, -0.05) is 0 Å². The number of nitrogens with zero attached hydrogens (tertiary/aromatic N) is 4. The van der Waals surface area contributed by atoms with Crippen LogP contribution in [0.15, 0.2) is 12.3 Å². The number of halogens is 2. The zero-order valence-corrected chi connectivity index (χ0v) is 14.1. The van der Waals surface area contributed by atoms with Crippen LogP contribution in [-0.2, 0) is 0 Å². The Morgan fingerprint density at radius 2 is 1.84 bits per heavy atom. The van der Waals surface area contributed by atoms with E-state index in [4.69, 9.17) is 14.2 Å². The van der Waals surface area contributed by atoms with Crippen molar-refractivity contribution in [2.45, 2.75) is 31.1 Å². The molecule has 1 atom stereocenters. The lowest BCUT2D eigenvalue weighted by atomic mass is 9.97. The van der Waals surface area contributed by atoms with Gasteiger partial charge in [-0.15, -0.1) is 10.2 Å². The number of alkyl halides is 2. The van der Waals surface area contributed by atoms with E-state index in [1.807, 2.05) is 0 Å². The number of ether oxygens (including phenoxy) is 3. The Balaban J connectivity index is 2.03. The summed E-state index contributed by atoms with van der Waals surface area (Å²) in [6, 6.07) is 1.84. The molecule has 2 aromatic heterocycles. The molecular weight excluding hydrogens is 334 g/mol. The summed E-state index contributed by atoms with van der Waals surface area (Å²) in [5.74, 6) is -2.50. The van der Waals surface area contributed by atoms with Crippen LogP contribution in [0.4, 0.5) is 8.78 Å². The van der Waals surface area contributed by atoms with E-state index in [1.54, 1.807) is 6.07 Å². The fraction of sp³-hybridized carbons (Fsp3) is 0.500. The molecular formula is C16H18F2N4O3. The van der Waals surface area contributed by atoms with Crippen LogP contribution in [0.2, 0.25) is 0 Å². The van der Waals surface area contributed by atoms with Gasteiger partial charge in [-0.05, 0) is 18.4 Å². The fourth-order valence-electron chi connectivity index (χ4n) is 2.97. The number of aromatic nitrogens is 4. The maximum Gasteiger partial charge on any atom is 0.319 e. The molecule has 0 amide bonds. The van der Waals surface area contributed by atoms with Crippen molar-refractivity contribution >= 4 is 0 Å². The fourth-order valence-corrected chi connectivity index (χ4v) is 2.97. The van der Waals surface area contributed by atoms with Gasteiger partial charge in [0.1, 0.15) is 5.69 Å². The van der Waals surface area contributed by atoms with Crippen LogP contribution in [0.5, 0.6) is 17.8 Å². The third kappa shape index (κ3) is 3.45. The number of hydrogen-bond acceptors (Lipinski definition) is 7. The molecule has 9 heteroatoms. The smallest absolute Gasteiger partial charge is 0.319 e. The molecule has 134 valence electrons. The topological polar surface area (TPSA) is 79.2 Å². The molecule has 1 unspecified atom stereocenters. The van der Waals surface area contributed by atoms with Gasteiger partial charge in [-0.25, -0.2) is 13.8 Å². The van der Waals surface area contributed by atoms with E-state index in [-0.39, 0.29) is 36.5 Å². The minimum Gasteiger partial charge on any atom is -0.480 e. The van der Waals surface area contributed by atoms with Crippen LogP contribution in [0.1, 0.15) is 30.7 Å². The zero-order valence-electron chi connectivity index (χ0n) is 14.1. The first-order chi connectivity index (χ1) is 12.0. The van der Waals surface area contributed by atoms with Crippen LogP contribution in [0, 0.1) is 0 Å². The van der Waals surface area contributed by atoms with Crippen LogP contribution in [0.3, 0.4) is 0 Å². The van der Waals surface area contributed by atoms with Gasteiger partial charge >= 0.3 is 6.01 Å². The Morgan fingerprint density at radius 1 is 1.08 bits per heavy atom. The Labute approximate surface area is 143 Å². The summed E-state index contributed by atoms with van der Waals surface area (Å²) in [5.41, 5.74) is 1.51. The highest BCUT2D eigenvalue weighted by Crippen LogP contribution is 2.46. The molecule has 0 saturated heterocycles. The number of hydrogen-bond donors (Lipinski definition) is 0. The number of methoxy groups -OCH3 is 3. The Bertz CT molecular complexity index is 773. The maximum absolute atomic E-state index is 13.6. The third-order valence-electron chi connectivity index (χ3n) is 4.21. The molecule has 3 rings (SSSR count). The molecule has 0 spiro atoms. The third-order valence-corrected chi connectivity index (χ3v) is 4.21. The second-order valence-corrected chi connectivity index (χ2v) is 5.77. The quantitative estimate of drug-likeness (QED) is 0.818. The van der Waals surface area contributed by atoms with Gasteiger partial charge in [-0.2, -0.15) is 4.98 Å². The first-order valence-electron chi connectivity index (χ1n) is 7.72. The second-order valence-electron chi connectivity index (χ2n) is 5.77. The largest absolute Gasteiger partial charge is 0.480 e. The van der Waals surface area contributed by atoms with Gasteiger partial charge in [0.15, 0.2) is 0 Å². The summed E-state index contributed by atoms with van der Waals surface area (Å²) in [6.45, 7) is 0. The maximum atomic E-state index is 13.6. The molecule has 1 saturated carbocycles. The lowest BCUT2D eigenvalue weighted by Gasteiger charge is -2.15. The van der Waals surface area contributed by atoms with Gasteiger partial charge in [-0.3, -0.25) is 0 Å². The minimum absolute atomic E-state index is 0.145. The summed E-state index contributed by atoms with van der Waals surface area (Å²) < 4.78 is 42.6. The Morgan fingerprint density at radius 3 is 2.44 bits per heavy atom. The van der Waals surface area contributed by atoms with E-state index in [2.05, 4.69) is 20.2 Å². The molecule has 7 nitrogen and oxygen atoms in total. The van der Waals surface area contributed by atoms with Crippen molar-refractivity contribution in [2.24, 2.45) is 0 Å². The highest BCUT2D eigenvalue weighted by Gasteiger charge is 2.41. The van der Waals surface area contributed by atoms with Crippen molar-refractivity contribution in [1.29, 1.82) is 0 Å². The first-order valence-corrected chi connectivity index (χ1v) is 7.72. The SMILES string of the molecule is COc1ncc(-c2cc(C3CCC(F)(F)C3)c(OC)nn2)c(OC)n1. The predicted octanol–water partition coefficient (Wildman–Crippen LogP) is 2.86. The molecule has 0 N–H and O–H groups in total. The molecule has 0 aromatic carbocycles. The van der Waals surface area contributed by atoms with Crippen molar-refractivity contribution in [2.75, 3.05) is 21.3 Å². The van der Waals surface area contributed by atoms with E-state index >= 15 is 0 Å². The van der Waals surface area contributed by atoms with Gasteiger partial charge in [0.2, 0.25) is 17.7 Å². The monoisotopic (exact) mass is 352 g/mol. The minimum atomic E-state index is -2.67. The molecule has 1 fully saturated rings. The van der Waals surface area contributed by atoms with Crippen molar-refractivity contribution in [3.05, 3.63) is 17.8 Å². The zero-order chi connectivity index (χ0) is 18.0. The summed E-state index contributed by atoms with van der Waals surface area (Å²) in [6.07, 6.45) is 1.48. The van der Waals surface area contributed by atoms with Crippen LogP contribution >= 0.6 is 0 Å². The molecule has 2 aromatic rings. The van der Waals surface area contributed by atoms with Crippen molar-refractivity contribution in [3.63, 3.8) is 0 Å². The van der Waals surface area contributed by atoms with Crippen LogP contribution in [-0.4, -0.2) is 47.4 Å². The standard InChI is InChI=1S/C16H18F2N4O3/c1-23-13-11(8-19-15(20-13)25-3)12-6-10(14(24-2)22-21-12)9-4-5-16(17,18)7-9/h6,8-9H,4-5,7H2,1-3H3. The van der Waals surface area contributed by atoms with E-state index in [0.717, 1.165) is 0 Å². The summed E-state index contributed by atoms with van der Waals surface area (Å²) >= 11 is 0. The summed E-state index contributed by atoms with van der Waals surface area (Å²) in [5, 5.41) is 8.11. The molecule has 0 aliphatic heterocycles. The first kappa shape index (κ1) is 17.2. The molecule has 0 bridgehead atoms. The van der Waals surface area contributed by atoms with E-state index in [1.165, 1.54) is 27.5 Å². The molecule has 2 heterocycles. The molecule has 1 aliphatic carbocycles. The second kappa shape index (κ2) is 6.73. The van der Waals surface area contributed by atoms with Crippen LogP contribution < -0.4 is 14.2 Å². The van der Waals surface area contributed by atoms with Crippen molar-refractivity contribution in [1.82, 2.24) is 20.2 Å². The highest BCUT2D eigenvalue weighted by molar-refractivity contribution is 5.65. The average molecular weight is 352 g/mol. The molecule has 0 radical (unpaired) electrons. The van der Waals surface area contributed by atoms with Gasteiger partial charge in [0, 0.05) is 24.6 Å². The summed E-state index contributed by atoms with van der Waals surface area (Å²) in [4.78, 5) is 8.15. The van der Waals surface area contributed by atoms with E-state index < -0.39 is 5.92 Å². The van der Waals surface area contributed by atoms with Crippen molar-refractivity contribution < 1.29 is 23.0 Å². The Kier molecular flexibility index (Phi) is 4.65. The Hall–Kier alpha value is -2.58. The van der Waals surface area contributed by atoms with Gasteiger partial charge in [0.25, 0.3) is 0 Å². The van der Waals surface area contributed by atoms with Gasteiger partial charge in [0.05, 0.1) is 26.9 Å². The summed E-state index contributed by atoms with van der Waals surface area (Å²) in [7, 11) is 4.35. The molecule has 1 aliphatic rings. The lowest BCUT2D eigenvalue weighted by Crippen LogP contribution is -2.10. The van der Waals surface area contributed by atoms with Gasteiger partial charge < -0.3 is 14.2 Å². The highest BCUT2D eigenvalue weighted by atomic mass is 19.3. The predicted molar refractivity (Wildman–Crippen MR) is 84.3 cm³/mol. The number of rotatable bonds is 5. The van der Waals surface area contributed by atoms with Crippen molar-refractivity contribution in [3.8, 4) is 29.0 Å². The average Bonchev–Trinajstić information content (AvgIpc) is 3.00.